The van der Waals surface area contributed by atoms with Crippen LogP contribution in [0.4, 0.5) is 0 Å². The molecule has 0 aromatic rings. The van der Waals surface area contributed by atoms with E-state index in [-0.39, 0.29) is 0 Å². The van der Waals surface area contributed by atoms with Gasteiger partial charge in [-0.3, -0.25) is 4.79 Å². The highest BCUT2D eigenvalue weighted by molar-refractivity contribution is 5.73. The summed E-state index contributed by atoms with van der Waals surface area (Å²) in [5.41, 5.74) is 0. The molecule has 7 rings (SSSR count). The van der Waals surface area contributed by atoms with Crippen molar-refractivity contribution in [2.24, 2.45) is 0 Å². The van der Waals surface area contributed by atoms with Gasteiger partial charge >= 0.3 is 0 Å². The summed E-state index contributed by atoms with van der Waals surface area (Å²) in [7, 11) is 0. The molecule has 0 saturated carbocycles. The number of aliphatic hydroxyl groups is 22. The number of hydrogen-bond donors (Lipinski definition) is 23. The van der Waals surface area contributed by atoms with E-state index in [9.17, 15) is 117 Å². The first-order valence-electron chi connectivity index (χ1n) is 25.6. The highest BCUT2D eigenvalue weighted by Crippen LogP contribution is 2.38. The lowest BCUT2D eigenvalue weighted by Gasteiger charge is -2.50. The molecule has 0 bridgehead atoms. The lowest BCUT2D eigenvalue weighted by molar-refractivity contribution is -0.407. The topological polar surface area (TPSA) is 594 Å². The van der Waals surface area contributed by atoms with E-state index in [0.717, 1.165) is 6.92 Å². The smallest absolute Gasteiger partial charge is 0.217 e. The maximum absolute atomic E-state index is 12.1. The Morgan fingerprint density at radius 1 is 0.321 bits per heavy atom. The Balaban J connectivity index is 1.19. The maximum atomic E-state index is 12.1. The molecule has 7 heterocycles. The van der Waals surface area contributed by atoms with E-state index in [1.165, 1.54) is 0 Å². The van der Waals surface area contributed by atoms with E-state index >= 15 is 0 Å². The Labute approximate surface area is 457 Å². The maximum Gasteiger partial charge on any atom is 0.217 e. The zero-order chi connectivity index (χ0) is 59.6. The van der Waals surface area contributed by atoms with Gasteiger partial charge in [-0.2, -0.15) is 0 Å². The van der Waals surface area contributed by atoms with Gasteiger partial charge in [0.1, 0.15) is 171 Å². The Morgan fingerprint density at radius 2 is 0.642 bits per heavy atom. The molecule has 472 valence electrons. The van der Waals surface area contributed by atoms with Gasteiger partial charge in [0.05, 0.1) is 46.2 Å². The molecular formula is C44H75NO36. The second kappa shape index (κ2) is 28.7. The van der Waals surface area contributed by atoms with E-state index in [0.29, 0.717) is 0 Å². The van der Waals surface area contributed by atoms with E-state index in [1.54, 1.807) is 0 Å². The summed E-state index contributed by atoms with van der Waals surface area (Å²) in [6.07, 6.45) is -68.8. The normalized spacial score (nSPS) is 51.9. The van der Waals surface area contributed by atoms with Gasteiger partial charge in [0.25, 0.3) is 0 Å². The summed E-state index contributed by atoms with van der Waals surface area (Å²) in [6, 6.07) is -1.68. The molecule has 0 aromatic carbocycles. The molecule has 23 N–H and O–H groups in total. The van der Waals surface area contributed by atoms with Crippen LogP contribution >= 0.6 is 0 Å². The summed E-state index contributed by atoms with van der Waals surface area (Å²) < 4.78 is 74.2. The number of nitrogens with one attached hydrogen (secondary N) is 1. The second-order valence-electron chi connectivity index (χ2n) is 20.3. The lowest BCUT2D eigenvalue weighted by atomic mass is 9.94. The molecule has 0 aliphatic carbocycles. The number of aliphatic hydroxyl groups excluding tert-OH is 22. The molecule has 7 fully saturated rings. The number of rotatable bonds is 20. The fourth-order valence-corrected chi connectivity index (χ4v) is 10.3. The van der Waals surface area contributed by atoms with Crippen LogP contribution in [0.15, 0.2) is 0 Å². The number of amides is 1. The fourth-order valence-electron chi connectivity index (χ4n) is 10.3. The summed E-state index contributed by atoms with van der Waals surface area (Å²) in [5.74, 6) is -0.796. The SMILES string of the molecule is CC(=O)N[C@@H]1[C@@H](O)[C@H](O[C@@H]2O[C@H](CO[C@H]3O[C@H](CO)[C@@H](O)[C@H](O[C@H]4O[C@H](CO)[C@@H](O)[C@H](O)[C@@H]4O)[C@@H]3O)[C@@H](O)[C@H](O[C@H]3O[C@H](CO)[C@@H](O)[C@H](O)[C@@H]3O[C@H]3O[C@H](CO)[C@@H](O)[C@H](O)[C@@H]3O[C@H]3O[C@H](CO)[C@@H](O)[C@H](O)[C@@H]3O)[C@@H]2O)[C@@H](CO)O[C@H]1O. The first kappa shape index (κ1) is 66.6. The van der Waals surface area contributed by atoms with Gasteiger partial charge in [0.2, 0.25) is 5.91 Å². The van der Waals surface area contributed by atoms with Crippen LogP contribution in [-0.2, 0) is 66.4 Å². The lowest BCUT2D eigenvalue weighted by Crippen LogP contribution is -2.69. The van der Waals surface area contributed by atoms with Gasteiger partial charge in [-0.15, -0.1) is 0 Å². The fraction of sp³-hybridized carbons (Fsp3) is 0.977. The number of ether oxygens (including phenoxy) is 13. The molecular weight excluding hydrogens is 1120 g/mol. The Kier molecular flexibility index (Phi) is 23.6. The molecule has 7 aliphatic heterocycles. The van der Waals surface area contributed by atoms with Crippen molar-refractivity contribution in [1.29, 1.82) is 0 Å². The zero-order valence-electron chi connectivity index (χ0n) is 42.7. The molecule has 0 unspecified atom stereocenters. The monoisotopic (exact) mass is 1190 g/mol. The van der Waals surface area contributed by atoms with E-state index in [1.807, 2.05) is 0 Å². The predicted octanol–water partition coefficient (Wildman–Crippen LogP) is -16.1. The third-order valence-corrected chi connectivity index (χ3v) is 14.9. The molecule has 7 saturated heterocycles. The largest absolute Gasteiger partial charge is 0.394 e. The van der Waals surface area contributed by atoms with Crippen molar-refractivity contribution in [2.75, 3.05) is 46.2 Å². The third-order valence-electron chi connectivity index (χ3n) is 14.9. The zero-order valence-corrected chi connectivity index (χ0v) is 42.7. The average Bonchev–Trinajstić information content (AvgIpc) is 3.64. The Hall–Kier alpha value is -1.93. The Bertz CT molecular complexity index is 1940. The van der Waals surface area contributed by atoms with Gasteiger partial charge in [0, 0.05) is 6.92 Å². The molecule has 35 atom stereocenters. The van der Waals surface area contributed by atoms with Crippen molar-refractivity contribution < 1.29 is 179 Å². The van der Waals surface area contributed by atoms with E-state index in [4.69, 9.17) is 61.6 Å². The van der Waals surface area contributed by atoms with Gasteiger partial charge in [0.15, 0.2) is 44.0 Å². The molecule has 0 aromatic heterocycles. The summed E-state index contributed by atoms with van der Waals surface area (Å²) in [5, 5.41) is 239. The van der Waals surface area contributed by atoms with Crippen LogP contribution in [0.25, 0.3) is 0 Å². The second-order valence-corrected chi connectivity index (χ2v) is 20.3. The third kappa shape index (κ3) is 14.1. The molecule has 0 radical (unpaired) electrons. The number of carbonyl (C=O) groups is 1. The van der Waals surface area contributed by atoms with Crippen molar-refractivity contribution in [2.45, 2.75) is 222 Å². The molecule has 37 nitrogen and oxygen atoms in total. The van der Waals surface area contributed by atoms with Gasteiger partial charge in [-0.1, -0.05) is 0 Å². The van der Waals surface area contributed by atoms with Crippen molar-refractivity contribution in [3.63, 3.8) is 0 Å². The minimum absolute atomic E-state index is 0.796. The van der Waals surface area contributed by atoms with Gasteiger partial charge < -0.3 is 179 Å². The van der Waals surface area contributed by atoms with E-state index < -0.39 is 267 Å². The van der Waals surface area contributed by atoms with Crippen LogP contribution in [0.1, 0.15) is 6.92 Å². The van der Waals surface area contributed by atoms with Crippen LogP contribution in [-0.4, -0.2) is 379 Å². The van der Waals surface area contributed by atoms with Crippen LogP contribution < -0.4 is 5.32 Å². The quantitative estimate of drug-likeness (QED) is 0.0538. The minimum Gasteiger partial charge on any atom is -0.394 e. The van der Waals surface area contributed by atoms with Gasteiger partial charge in [-0.05, 0) is 0 Å². The van der Waals surface area contributed by atoms with Crippen LogP contribution in [0.2, 0.25) is 0 Å². The minimum atomic E-state index is -2.39. The standard InChI is InChI=1S/C44H75NO36/c1-9(52)45-17-24(59)33(15(7-51)70-38(17)68)77-42-32(67)35(23(58)16(76-42)8-69-39-31(66)34(22(57)14(6-50)71-39)78-40-29(64)25(60)18(53)10(2-46)72-40)79-43-37(28(63)21(56)12(4-48)74-43)81-44-36(27(62)20(55)13(5-49)75-44)80-41-30(65)26(61)19(54)11(3-47)73-41/h10-44,46-51,53-68H,2-8H2,1H3,(H,45,52)/t10-,11-,12-,13-,14-,15-,16-,17-,18-,19-,20-,21-,22-,23-,24-,25+,26+,27+,28+,29+,30+,31+,32+,33-,34+,35+,36+,37+,38-,39+,40-,41-,42+,43-,44-/m1/s1. The molecule has 7 aliphatic rings. The van der Waals surface area contributed by atoms with Crippen molar-refractivity contribution in [1.82, 2.24) is 5.32 Å². The summed E-state index contributed by atoms with van der Waals surface area (Å²) in [6.45, 7) is -6.06. The van der Waals surface area contributed by atoms with E-state index in [2.05, 4.69) is 5.32 Å². The molecule has 0 spiro atoms. The molecule has 1 amide bonds. The van der Waals surface area contributed by atoms with Crippen molar-refractivity contribution in [3.8, 4) is 0 Å². The highest BCUT2D eigenvalue weighted by Gasteiger charge is 2.59. The molecule has 37 heteroatoms. The first-order chi connectivity index (χ1) is 38.3. The van der Waals surface area contributed by atoms with Crippen LogP contribution in [0.3, 0.4) is 0 Å². The summed E-state index contributed by atoms with van der Waals surface area (Å²) >= 11 is 0. The van der Waals surface area contributed by atoms with Crippen LogP contribution in [0, 0.1) is 0 Å². The van der Waals surface area contributed by atoms with Crippen molar-refractivity contribution in [3.05, 3.63) is 0 Å². The first-order valence-corrected chi connectivity index (χ1v) is 25.6. The van der Waals surface area contributed by atoms with Crippen molar-refractivity contribution >= 4 is 5.91 Å². The molecule has 81 heavy (non-hydrogen) atoms. The van der Waals surface area contributed by atoms with Gasteiger partial charge in [-0.25, -0.2) is 0 Å². The number of hydrogen-bond acceptors (Lipinski definition) is 36. The predicted molar refractivity (Wildman–Crippen MR) is 243 cm³/mol. The summed E-state index contributed by atoms with van der Waals surface area (Å²) in [4.78, 5) is 12.1. The Morgan fingerprint density at radius 3 is 1.09 bits per heavy atom. The number of carbonyl (C=O) groups excluding carboxylic acids is 1. The van der Waals surface area contributed by atoms with Crippen LogP contribution in [0.5, 0.6) is 0 Å². The highest BCUT2D eigenvalue weighted by atomic mass is 16.8. The average molecular weight is 1190 g/mol.